The molecule has 0 aliphatic heterocycles. The van der Waals surface area contributed by atoms with E-state index in [0.29, 0.717) is 12.0 Å². The summed E-state index contributed by atoms with van der Waals surface area (Å²) in [4.78, 5) is 6.67. The zero-order chi connectivity index (χ0) is 12.8. The predicted octanol–water partition coefficient (Wildman–Crippen LogP) is 2.65. The Bertz CT molecular complexity index is 320. The lowest BCUT2D eigenvalue weighted by molar-refractivity contribution is 0.510. The van der Waals surface area contributed by atoms with E-state index < -0.39 is 0 Å². The minimum absolute atomic E-state index is 0.466. The summed E-state index contributed by atoms with van der Waals surface area (Å²) >= 11 is 0. The highest BCUT2D eigenvalue weighted by Crippen LogP contribution is 2.15. The summed E-state index contributed by atoms with van der Waals surface area (Å²) in [5.41, 5.74) is 0.968. The van der Waals surface area contributed by atoms with Crippen molar-refractivity contribution in [2.45, 2.75) is 47.2 Å². The first kappa shape index (κ1) is 14.0. The van der Waals surface area contributed by atoms with Crippen LogP contribution < -0.4 is 10.2 Å². The van der Waals surface area contributed by atoms with Crippen molar-refractivity contribution in [1.82, 2.24) is 10.3 Å². The first-order chi connectivity index (χ1) is 8.02. The van der Waals surface area contributed by atoms with Crippen LogP contribution in [0.15, 0.2) is 10.7 Å². The van der Waals surface area contributed by atoms with Crippen LogP contribution in [0.4, 0.5) is 6.01 Å². The zero-order valence-electron chi connectivity index (χ0n) is 11.7. The summed E-state index contributed by atoms with van der Waals surface area (Å²) < 4.78 is 5.53. The molecule has 17 heavy (non-hydrogen) atoms. The fourth-order valence-electron chi connectivity index (χ4n) is 1.61. The minimum atomic E-state index is 0.466. The quantitative estimate of drug-likeness (QED) is 0.794. The molecule has 1 heterocycles. The second-order valence-electron chi connectivity index (χ2n) is 5.09. The molecule has 98 valence electrons. The first-order valence-corrected chi connectivity index (χ1v) is 6.45. The number of anilines is 1. The molecule has 1 aromatic heterocycles. The monoisotopic (exact) mass is 239 g/mol. The summed E-state index contributed by atoms with van der Waals surface area (Å²) in [7, 11) is 0. The highest BCUT2D eigenvalue weighted by Gasteiger charge is 2.12. The number of hydrogen-bond donors (Lipinski definition) is 1. The molecule has 0 bridgehead atoms. The molecule has 1 aromatic rings. The average Bonchev–Trinajstić information content (AvgIpc) is 2.71. The van der Waals surface area contributed by atoms with E-state index in [1.807, 2.05) is 0 Å². The molecule has 0 aromatic carbocycles. The van der Waals surface area contributed by atoms with Gasteiger partial charge in [0.25, 0.3) is 6.01 Å². The van der Waals surface area contributed by atoms with Crippen molar-refractivity contribution < 1.29 is 4.42 Å². The van der Waals surface area contributed by atoms with Crippen LogP contribution in [-0.4, -0.2) is 24.1 Å². The second kappa shape index (κ2) is 6.64. The summed E-state index contributed by atoms with van der Waals surface area (Å²) in [5, 5.41) is 3.33. The Hall–Kier alpha value is -1.03. The maximum absolute atomic E-state index is 5.53. The lowest BCUT2D eigenvalue weighted by Crippen LogP contribution is -2.27. The van der Waals surface area contributed by atoms with Crippen LogP contribution in [0, 0.1) is 5.92 Å². The topological polar surface area (TPSA) is 41.3 Å². The lowest BCUT2D eigenvalue weighted by Gasteiger charge is -2.20. The molecule has 0 unspecified atom stereocenters. The van der Waals surface area contributed by atoms with E-state index >= 15 is 0 Å². The van der Waals surface area contributed by atoms with Gasteiger partial charge in [-0.05, 0) is 12.8 Å². The van der Waals surface area contributed by atoms with Gasteiger partial charge in [-0.15, -0.1) is 0 Å². The molecule has 0 spiro atoms. The van der Waals surface area contributed by atoms with Gasteiger partial charge in [-0.2, -0.15) is 4.98 Å². The molecule has 0 atom stereocenters. The van der Waals surface area contributed by atoms with Gasteiger partial charge in [0, 0.05) is 25.7 Å². The molecule has 0 aliphatic carbocycles. The van der Waals surface area contributed by atoms with Gasteiger partial charge in [0.1, 0.15) is 6.26 Å². The van der Waals surface area contributed by atoms with Crippen molar-refractivity contribution in [3.05, 3.63) is 12.0 Å². The van der Waals surface area contributed by atoms with E-state index in [1.54, 1.807) is 6.26 Å². The zero-order valence-corrected chi connectivity index (χ0v) is 11.7. The van der Waals surface area contributed by atoms with E-state index in [1.165, 1.54) is 0 Å². The largest absolute Gasteiger partial charge is 0.432 e. The van der Waals surface area contributed by atoms with E-state index in [9.17, 15) is 0 Å². The van der Waals surface area contributed by atoms with Gasteiger partial charge in [0.15, 0.2) is 0 Å². The molecule has 4 nitrogen and oxygen atoms in total. The number of nitrogens with one attached hydrogen (secondary N) is 1. The van der Waals surface area contributed by atoms with Gasteiger partial charge in [0.05, 0.1) is 5.69 Å². The number of oxazole rings is 1. The summed E-state index contributed by atoms with van der Waals surface area (Å²) in [6.45, 7) is 13.4. The molecule has 0 radical (unpaired) electrons. The number of nitrogens with zero attached hydrogens (tertiary/aromatic N) is 2. The highest BCUT2D eigenvalue weighted by molar-refractivity contribution is 5.26. The fraction of sp³-hybridized carbons (Fsp3) is 0.769. The van der Waals surface area contributed by atoms with Crippen LogP contribution in [0.2, 0.25) is 0 Å². The van der Waals surface area contributed by atoms with Gasteiger partial charge in [-0.1, -0.05) is 27.7 Å². The van der Waals surface area contributed by atoms with Crippen LogP contribution in [0.3, 0.4) is 0 Å². The maximum Gasteiger partial charge on any atom is 0.297 e. The van der Waals surface area contributed by atoms with Crippen LogP contribution >= 0.6 is 0 Å². The van der Waals surface area contributed by atoms with Crippen LogP contribution in [0.25, 0.3) is 0 Å². The molecule has 1 rings (SSSR count). The number of hydrogen-bond acceptors (Lipinski definition) is 4. The van der Waals surface area contributed by atoms with Gasteiger partial charge in [0.2, 0.25) is 0 Å². The third-order valence-corrected chi connectivity index (χ3v) is 2.47. The highest BCUT2D eigenvalue weighted by atomic mass is 16.4. The van der Waals surface area contributed by atoms with Crippen molar-refractivity contribution in [2.24, 2.45) is 5.92 Å². The molecular formula is C13H25N3O. The normalized spacial score (nSPS) is 11.5. The van der Waals surface area contributed by atoms with Crippen molar-refractivity contribution in [1.29, 1.82) is 0 Å². The van der Waals surface area contributed by atoms with Crippen molar-refractivity contribution >= 4 is 6.01 Å². The van der Waals surface area contributed by atoms with Crippen molar-refractivity contribution in [3.8, 4) is 0 Å². The van der Waals surface area contributed by atoms with Gasteiger partial charge < -0.3 is 14.6 Å². The van der Waals surface area contributed by atoms with E-state index in [-0.39, 0.29) is 0 Å². The van der Waals surface area contributed by atoms with Crippen LogP contribution in [-0.2, 0) is 6.54 Å². The molecular weight excluding hydrogens is 214 g/mol. The van der Waals surface area contributed by atoms with Crippen molar-refractivity contribution in [2.75, 3.05) is 18.0 Å². The van der Waals surface area contributed by atoms with E-state index in [0.717, 1.165) is 31.3 Å². The first-order valence-electron chi connectivity index (χ1n) is 6.45. The molecule has 0 aliphatic rings. The Labute approximate surface area is 104 Å². The Balaban J connectivity index is 2.58. The fourth-order valence-corrected chi connectivity index (χ4v) is 1.61. The Morgan fingerprint density at radius 2 is 2.06 bits per heavy atom. The van der Waals surface area contributed by atoms with Gasteiger partial charge in [-0.25, -0.2) is 0 Å². The van der Waals surface area contributed by atoms with Crippen LogP contribution in [0.5, 0.6) is 0 Å². The number of aromatic nitrogens is 1. The third-order valence-electron chi connectivity index (χ3n) is 2.47. The second-order valence-corrected chi connectivity index (χ2v) is 5.09. The average molecular weight is 239 g/mol. The minimum Gasteiger partial charge on any atom is -0.432 e. The third kappa shape index (κ3) is 4.77. The summed E-state index contributed by atoms with van der Waals surface area (Å²) in [5.74, 6) is 0.610. The molecule has 1 N–H and O–H groups in total. The smallest absolute Gasteiger partial charge is 0.297 e. The summed E-state index contributed by atoms with van der Waals surface area (Å²) in [6, 6.07) is 1.20. The molecule has 0 fully saturated rings. The van der Waals surface area contributed by atoms with E-state index in [4.69, 9.17) is 4.42 Å². The molecule has 0 amide bonds. The molecule has 0 saturated heterocycles. The Kier molecular flexibility index (Phi) is 5.48. The Morgan fingerprint density at radius 1 is 1.35 bits per heavy atom. The SMILES string of the molecule is CCN(CC(C)C)c1nc(CNC(C)C)co1. The summed E-state index contributed by atoms with van der Waals surface area (Å²) in [6.07, 6.45) is 1.74. The number of rotatable bonds is 7. The Morgan fingerprint density at radius 3 is 2.59 bits per heavy atom. The van der Waals surface area contributed by atoms with E-state index in [2.05, 4.69) is 49.8 Å². The van der Waals surface area contributed by atoms with Gasteiger partial charge >= 0.3 is 0 Å². The lowest BCUT2D eigenvalue weighted by atomic mass is 10.2. The van der Waals surface area contributed by atoms with Crippen LogP contribution in [0.1, 0.15) is 40.3 Å². The standard InChI is InChI=1S/C13H25N3O/c1-6-16(8-10(2)3)13-15-12(9-17-13)7-14-11(4)5/h9-11,14H,6-8H2,1-5H3. The predicted molar refractivity (Wildman–Crippen MR) is 71.2 cm³/mol. The maximum atomic E-state index is 5.53. The molecule has 0 saturated carbocycles. The van der Waals surface area contributed by atoms with Gasteiger partial charge in [-0.3, -0.25) is 0 Å². The van der Waals surface area contributed by atoms with Crippen molar-refractivity contribution in [3.63, 3.8) is 0 Å². The molecule has 4 heteroatoms.